The van der Waals surface area contributed by atoms with E-state index in [2.05, 4.69) is 58.1 Å². The van der Waals surface area contributed by atoms with Crippen molar-refractivity contribution in [2.24, 2.45) is 5.41 Å². The average Bonchev–Trinajstić information content (AvgIpc) is 3.49. The second-order valence-corrected chi connectivity index (χ2v) is 12.9. The van der Waals surface area contributed by atoms with Crippen molar-refractivity contribution in [1.82, 2.24) is 35.7 Å². The summed E-state index contributed by atoms with van der Waals surface area (Å²) < 4.78 is 5.19. The van der Waals surface area contributed by atoms with Crippen LogP contribution in [0.15, 0.2) is 53.4 Å². The topological polar surface area (TPSA) is 134 Å². The molecule has 4 aromatic rings. The first-order valence-electron chi connectivity index (χ1n) is 14.9. The van der Waals surface area contributed by atoms with Crippen LogP contribution < -0.4 is 20.9 Å². The van der Waals surface area contributed by atoms with Crippen LogP contribution in [0.4, 0.5) is 17.3 Å². The first-order chi connectivity index (χ1) is 20.6. The number of nitrogens with one attached hydrogen (secondary N) is 3. The van der Waals surface area contributed by atoms with Gasteiger partial charge < -0.3 is 25.4 Å². The first-order valence-corrected chi connectivity index (χ1v) is 14.9. The van der Waals surface area contributed by atoms with Gasteiger partial charge >= 0.3 is 11.8 Å². The number of carbonyl (C=O) groups is 1. The fourth-order valence-corrected chi connectivity index (χ4v) is 5.86. The predicted octanol–water partition coefficient (Wildman–Crippen LogP) is 4.95. The van der Waals surface area contributed by atoms with Crippen molar-refractivity contribution in [2.45, 2.75) is 58.9 Å². The zero-order chi connectivity index (χ0) is 30.2. The fourth-order valence-electron chi connectivity index (χ4n) is 5.86. The molecule has 2 aliphatic heterocycles. The van der Waals surface area contributed by atoms with Gasteiger partial charge in [0.25, 0.3) is 0 Å². The van der Waals surface area contributed by atoms with Crippen molar-refractivity contribution in [3.8, 4) is 11.3 Å². The molecule has 2 aliphatic rings. The highest BCUT2D eigenvalue weighted by Gasteiger charge is 2.43. The molecule has 6 rings (SSSR count). The van der Waals surface area contributed by atoms with Gasteiger partial charge in [0.15, 0.2) is 5.82 Å². The molecule has 2 fully saturated rings. The maximum absolute atomic E-state index is 12.7. The van der Waals surface area contributed by atoms with E-state index in [0.29, 0.717) is 17.1 Å². The van der Waals surface area contributed by atoms with Crippen LogP contribution in [0.25, 0.3) is 11.3 Å². The minimum atomic E-state index is -0.400. The highest BCUT2D eigenvalue weighted by atomic mass is 16.5. The molecule has 224 valence electrons. The zero-order valence-corrected chi connectivity index (χ0v) is 25.4. The van der Waals surface area contributed by atoms with Gasteiger partial charge in [-0.15, -0.1) is 0 Å². The number of nitrogens with zero attached hydrogens (tertiary/aromatic N) is 6. The van der Waals surface area contributed by atoms with Gasteiger partial charge in [0.05, 0.1) is 23.6 Å². The molecule has 1 spiro atoms. The number of anilines is 3. The van der Waals surface area contributed by atoms with Crippen molar-refractivity contribution in [1.29, 1.82) is 0 Å². The van der Waals surface area contributed by atoms with Gasteiger partial charge in [0.1, 0.15) is 18.0 Å². The third-order valence-corrected chi connectivity index (χ3v) is 8.42. The van der Waals surface area contributed by atoms with Crippen molar-refractivity contribution >= 4 is 23.2 Å². The normalized spacial score (nSPS) is 16.9. The molecule has 11 nitrogen and oxygen atoms in total. The summed E-state index contributed by atoms with van der Waals surface area (Å²) >= 11 is 0. The quantitative estimate of drug-likeness (QED) is 0.275. The number of benzene rings is 1. The first kappa shape index (κ1) is 28.7. The molecule has 1 atom stereocenters. The van der Waals surface area contributed by atoms with E-state index in [0.717, 1.165) is 60.1 Å². The summed E-state index contributed by atoms with van der Waals surface area (Å²) in [5, 5.41) is 13.7. The van der Waals surface area contributed by atoms with Gasteiger partial charge in [0.2, 0.25) is 0 Å². The van der Waals surface area contributed by atoms with Gasteiger partial charge in [-0.05, 0) is 69.1 Å². The van der Waals surface area contributed by atoms with Gasteiger partial charge in [-0.25, -0.2) is 15.0 Å². The summed E-state index contributed by atoms with van der Waals surface area (Å²) in [6.45, 7) is 14.3. The molecule has 0 aliphatic carbocycles. The number of piperidine rings is 1. The molecular weight excluding hydrogens is 542 g/mol. The van der Waals surface area contributed by atoms with Gasteiger partial charge in [-0.1, -0.05) is 38.1 Å². The van der Waals surface area contributed by atoms with Crippen molar-refractivity contribution < 1.29 is 9.32 Å². The highest BCUT2D eigenvalue weighted by Crippen LogP contribution is 2.41. The second-order valence-electron chi connectivity index (χ2n) is 12.9. The molecule has 5 heterocycles. The predicted molar refractivity (Wildman–Crippen MR) is 165 cm³/mol. The highest BCUT2D eigenvalue weighted by molar-refractivity contribution is 5.89. The molecule has 3 aromatic heterocycles. The number of amides is 1. The number of hydrogen-bond donors (Lipinski definition) is 3. The van der Waals surface area contributed by atoms with Crippen LogP contribution in [0.5, 0.6) is 0 Å². The fraction of sp³-hybridized carbons (Fsp3) is 0.438. The van der Waals surface area contributed by atoms with Crippen LogP contribution in [0.1, 0.15) is 74.2 Å². The Morgan fingerprint density at radius 1 is 1.05 bits per heavy atom. The standard InChI is InChI=1S/C32H39N9O2/c1-20-14-22(6-8-24(20)21(2)37-28(42)29-39-30(40-43-29)31(3,4)5)25-15-27(36-19-35-25)38-26-9-7-23(16-34-26)41-17-32(18-41)10-12-33-13-11-32/h6-9,14-16,19,21,33H,10-13,17-18H2,1-5H3,(H,37,42)(H,34,35,36,38)/t21-/m1/s1. The Bertz CT molecular complexity index is 1600. The minimum Gasteiger partial charge on any atom is -0.369 e. The summed E-state index contributed by atoms with van der Waals surface area (Å²) in [6, 6.07) is 11.8. The molecule has 43 heavy (non-hydrogen) atoms. The number of hydrogen-bond acceptors (Lipinski definition) is 10. The molecule has 11 heteroatoms. The third-order valence-electron chi connectivity index (χ3n) is 8.42. The van der Waals surface area contributed by atoms with E-state index in [1.54, 1.807) is 6.33 Å². The van der Waals surface area contributed by atoms with E-state index in [1.165, 1.54) is 12.8 Å². The zero-order valence-electron chi connectivity index (χ0n) is 25.4. The maximum Gasteiger partial charge on any atom is 0.315 e. The Labute approximate surface area is 251 Å². The lowest BCUT2D eigenvalue weighted by atomic mass is 9.72. The largest absolute Gasteiger partial charge is 0.369 e. The molecule has 2 saturated heterocycles. The van der Waals surface area contributed by atoms with Crippen LogP contribution >= 0.6 is 0 Å². The van der Waals surface area contributed by atoms with Crippen LogP contribution in [0.2, 0.25) is 0 Å². The Kier molecular flexibility index (Phi) is 7.59. The molecule has 0 bridgehead atoms. The number of aromatic nitrogens is 5. The van der Waals surface area contributed by atoms with E-state index in [9.17, 15) is 4.79 Å². The number of pyridine rings is 1. The molecule has 0 saturated carbocycles. The lowest BCUT2D eigenvalue weighted by Crippen LogP contribution is -2.60. The number of carbonyl (C=O) groups excluding carboxylic acids is 1. The van der Waals surface area contributed by atoms with Crippen LogP contribution in [-0.2, 0) is 5.41 Å². The van der Waals surface area contributed by atoms with Gasteiger partial charge in [-0.3, -0.25) is 4.79 Å². The second kappa shape index (κ2) is 11.4. The van der Waals surface area contributed by atoms with Crippen molar-refractivity contribution in [2.75, 3.05) is 36.4 Å². The monoisotopic (exact) mass is 581 g/mol. The average molecular weight is 582 g/mol. The van der Waals surface area contributed by atoms with E-state index in [1.807, 2.05) is 65.1 Å². The van der Waals surface area contributed by atoms with Crippen molar-refractivity contribution in [3.63, 3.8) is 0 Å². The molecular formula is C32H39N9O2. The van der Waals surface area contributed by atoms with Crippen molar-refractivity contribution in [3.05, 3.63) is 71.8 Å². The van der Waals surface area contributed by atoms with Crippen LogP contribution in [0.3, 0.4) is 0 Å². The molecule has 0 unspecified atom stereocenters. The lowest BCUT2D eigenvalue weighted by molar-refractivity contribution is 0.0895. The summed E-state index contributed by atoms with van der Waals surface area (Å²) in [5.41, 5.74) is 5.08. The summed E-state index contributed by atoms with van der Waals surface area (Å²) in [4.78, 5) is 33.0. The molecule has 1 amide bonds. The maximum atomic E-state index is 12.7. The van der Waals surface area contributed by atoms with E-state index in [-0.39, 0.29) is 17.3 Å². The smallest absolute Gasteiger partial charge is 0.315 e. The summed E-state index contributed by atoms with van der Waals surface area (Å²) in [6.07, 6.45) is 5.99. The van der Waals surface area contributed by atoms with E-state index >= 15 is 0 Å². The lowest BCUT2D eigenvalue weighted by Gasteiger charge is -2.53. The van der Waals surface area contributed by atoms with E-state index in [4.69, 9.17) is 4.52 Å². The number of rotatable bonds is 7. The Hall–Kier alpha value is -4.38. The molecule has 0 radical (unpaired) electrons. The Balaban J connectivity index is 1.08. The van der Waals surface area contributed by atoms with Gasteiger partial charge in [0, 0.05) is 35.5 Å². The third kappa shape index (κ3) is 6.22. The van der Waals surface area contributed by atoms with E-state index < -0.39 is 5.91 Å². The Morgan fingerprint density at radius 3 is 2.51 bits per heavy atom. The molecule has 1 aromatic carbocycles. The van der Waals surface area contributed by atoms with Gasteiger partial charge in [-0.2, -0.15) is 4.98 Å². The SMILES string of the molecule is Cc1cc(-c2cc(Nc3ccc(N4CC5(CCNCC5)C4)cn3)ncn2)ccc1[C@@H](C)NC(=O)c1nc(C(C)(C)C)no1. The molecule has 3 N–H and O–H groups in total. The Morgan fingerprint density at radius 2 is 1.84 bits per heavy atom. The van der Waals surface area contributed by atoms with Crippen LogP contribution in [0, 0.1) is 12.3 Å². The summed E-state index contributed by atoms with van der Waals surface area (Å²) in [7, 11) is 0. The van der Waals surface area contributed by atoms with Crippen LogP contribution in [-0.4, -0.2) is 57.2 Å². The number of aryl methyl sites for hydroxylation is 1. The minimum absolute atomic E-state index is 0.0395. The summed E-state index contributed by atoms with van der Waals surface area (Å²) in [5.74, 6) is 1.46.